The highest BCUT2D eigenvalue weighted by Gasteiger charge is 2.16. The van der Waals surface area contributed by atoms with Crippen LogP contribution in [0.2, 0.25) is 5.02 Å². The monoisotopic (exact) mass is 266 g/mol. The lowest BCUT2D eigenvalue weighted by Crippen LogP contribution is -2.35. The van der Waals surface area contributed by atoms with E-state index in [1.165, 1.54) is 18.2 Å². The van der Waals surface area contributed by atoms with Gasteiger partial charge in [0.25, 0.3) is 0 Å². The Morgan fingerprint density at radius 2 is 2.22 bits per heavy atom. The first-order chi connectivity index (χ1) is 8.45. The van der Waals surface area contributed by atoms with Crippen molar-refractivity contribution in [1.82, 2.24) is 0 Å². The Kier molecular flexibility index (Phi) is 4.72. The Balaban J connectivity index is 2.96. The van der Waals surface area contributed by atoms with Gasteiger partial charge >= 0.3 is 5.97 Å². The van der Waals surface area contributed by atoms with E-state index in [4.69, 9.17) is 28.9 Å². The molecule has 0 aliphatic rings. The van der Waals surface area contributed by atoms with Crippen molar-refractivity contribution in [3.63, 3.8) is 0 Å². The molecule has 0 fully saturated rings. The summed E-state index contributed by atoms with van der Waals surface area (Å²) in [5.74, 6) is 0.523. The quantitative estimate of drug-likeness (QED) is 0.717. The van der Waals surface area contributed by atoms with E-state index in [0.29, 0.717) is 5.02 Å². The minimum Gasteiger partial charge on any atom is -0.478 e. The van der Waals surface area contributed by atoms with Gasteiger partial charge in [-0.1, -0.05) is 11.6 Å². The minimum absolute atomic E-state index is 0.0643. The topological polar surface area (TPSA) is 92.4 Å². The lowest BCUT2D eigenvalue weighted by molar-refractivity contribution is -0.117. The number of amides is 1. The standard InChI is InChI=1S/C12H11ClN2O3/c1-2-3-9(14)11(16)15-10-6-7(13)4-5-8(10)12(17)18/h1,4-6,9H,3,14H2,(H,15,16)(H,17,18). The summed E-state index contributed by atoms with van der Waals surface area (Å²) < 4.78 is 0. The first kappa shape index (κ1) is 14.0. The molecule has 0 aliphatic carbocycles. The number of rotatable bonds is 4. The summed E-state index contributed by atoms with van der Waals surface area (Å²) in [4.78, 5) is 22.6. The van der Waals surface area contributed by atoms with E-state index < -0.39 is 17.9 Å². The number of carboxylic acids is 1. The molecule has 1 aromatic rings. The van der Waals surface area contributed by atoms with Crippen LogP contribution in [0.5, 0.6) is 0 Å². The smallest absolute Gasteiger partial charge is 0.337 e. The number of carbonyl (C=O) groups is 2. The molecule has 0 bridgehead atoms. The summed E-state index contributed by atoms with van der Waals surface area (Å²) >= 11 is 5.74. The molecule has 94 valence electrons. The maximum atomic E-state index is 11.6. The van der Waals surface area contributed by atoms with Crippen molar-refractivity contribution in [2.24, 2.45) is 5.73 Å². The van der Waals surface area contributed by atoms with Crippen LogP contribution in [0.3, 0.4) is 0 Å². The molecule has 1 aromatic carbocycles. The average molecular weight is 267 g/mol. The fraction of sp³-hybridized carbons (Fsp3) is 0.167. The van der Waals surface area contributed by atoms with E-state index in [1.807, 2.05) is 0 Å². The number of halogens is 1. The van der Waals surface area contributed by atoms with Gasteiger partial charge in [0.2, 0.25) is 5.91 Å². The highest BCUT2D eigenvalue weighted by atomic mass is 35.5. The lowest BCUT2D eigenvalue weighted by atomic mass is 10.1. The molecule has 5 nitrogen and oxygen atoms in total. The van der Waals surface area contributed by atoms with Crippen LogP contribution in [0.25, 0.3) is 0 Å². The number of terminal acetylenes is 1. The summed E-state index contributed by atoms with van der Waals surface area (Å²) in [6.45, 7) is 0. The van der Waals surface area contributed by atoms with E-state index in [2.05, 4.69) is 11.2 Å². The largest absolute Gasteiger partial charge is 0.478 e. The van der Waals surface area contributed by atoms with Crippen LogP contribution in [0.1, 0.15) is 16.8 Å². The van der Waals surface area contributed by atoms with Gasteiger partial charge in [-0.25, -0.2) is 4.79 Å². The fourth-order valence-corrected chi connectivity index (χ4v) is 1.42. The van der Waals surface area contributed by atoms with Gasteiger partial charge in [0.05, 0.1) is 17.3 Å². The maximum Gasteiger partial charge on any atom is 0.337 e. The van der Waals surface area contributed by atoms with Gasteiger partial charge in [-0.3, -0.25) is 4.79 Å². The van der Waals surface area contributed by atoms with E-state index in [9.17, 15) is 9.59 Å². The van der Waals surface area contributed by atoms with Crippen molar-refractivity contribution in [3.05, 3.63) is 28.8 Å². The number of carbonyl (C=O) groups excluding carboxylic acids is 1. The zero-order chi connectivity index (χ0) is 13.7. The van der Waals surface area contributed by atoms with Crippen LogP contribution >= 0.6 is 11.6 Å². The van der Waals surface area contributed by atoms with Gasteiger partial charge in [-0.05, 0) is 18.2 Å². The van der Waals surface area contributed by atoms with Gasteiger partial charge < -0.3 is 16.2 Å². The van der Waals surface area contributed by atoms with Crippen LogP contribution in [0, 0.1) is 12.3 Å². The molecule has 6 heteroatoms. The zero-order valence-electron chi connectivity index (χ0n) is 9.31. The highest BCUT2D eigenvalue weighted by Crippen LogP contribution is 2.21. The molecule has 1 amide bonds. The summed E-state index contributed by atoms with van der Waals surface area (Å²) in [7, 11) is 0. The summed E-state index contributed by atoms with van der Waals surface area (Å²) in [6, 6.07) is 3.16. The molecule has 1 atom stereocenters. The van der Waals surface area contributed by atoms with Crippen molar-refractivity contribution in [1.29, 1.82) is 0 Å². The van der Waals surface area contributed by atoms with Crippen LogP contribution in [-0.2, 0) is 4.79 Å². The van der Waals surface area contributed by atoms with Crippen molar-refractivity contribution in [3.8, 4) is 12.3 Å². The van der Waals surface area contributed by atoms with Crippen LogP contribution in [0.4, 0.5) is 5.69 Å². The van der Waals surface area contributed by atoms with Crippen LogP contribution in [0.15, 0.2) is 18.2 Å². The number of hydrogen-bond acceptors (Lipinski definition) is 3. The SMILES string of the molecule is C#CCC(N)C(=O)Nc1cc(Cl)ccc1C(=O)O. The molecule has 0 aliphatic heterocycles. The van der Waals surface area contributed by atoms with E-state index in [1.54, 1.807) is 0 Å². The summed E-state index contributed by atoms with van der Waals surface area (Å²) in [5.41, 5.74) is 5.53. The lowest BCUT2D eigenvalue weighted by Gasteiger charge is -2.12. The van der Waals surface area contributed by atoms with E-state index in [-0.39, 0.29) is 17.7 Å². The van der Waals surface area contributed by atoms with Crippen molar-refractivity contribution < 1.29 is 14.7 Å². The number of nitrogens with two attached hydrogens (primary N) is 1. The Bertz CT molecular complexity index is 523. The van der Waals surface area contributed by atoms with Gasteiger partial charge in [0, 0.05) is 11.4 Å². The third kappa shape index (κ3) is 3.48. The van der Waals surface area contributed by atoms with Crippen molar-refractivity contribution in [2.45, 2.75) is 12.5 Å². The molecule has 0 spiro atoms. The highest BCUT2D eigenvalue weighted by molar-refractivity contribution is 6.31. The molecule has 0 radical (unpaired) electrons. The first-order valence-corrected chi connectivity index (χ1v) is 5.36. The molecule has 0 saturated carbocycles. The van der Waals surface area contributed by atoms with Gasteiger partial charge in [0.1, 0.15) is 0 Å². The molecule has 18 heavy (non-hydrogen) atoms. The number of benzene rings is 1. The molecule has 0 saturated heterocycles. The van der Waals surface area contributed by atoms with Crippen molar-refractivity contribution in [2.75, 3.05) is 5.32 Å². The first-order valence-electron chi connectivity index (χ1n) is 4.98. The Labute approximate surface area is 109 Å². The molecule has 0 aromatic heterocycles. The molecule has 1 unspecified atom stereocenters. The molecule has 4 N–H and O–H groups in total. The Morgan fingerprint density at radius 3 is 2.78 bits per heavy atom. The number of aromatic carboxylic acids is 1. The molecular weight excluding hydrogens is 256 g/mol. The molecule has 1 rings (SSSR count). The predicted octanol–water partition coefficient (Wildman–Crippen LogP) is 1.33. The average Bonchev–Trinajstić information content (AvgIpc) is 2.28. The second-order valence-electron chi connectivity index (χ2n) is 3.50. The predicted molar refractivity (Wildman–Crippen MR) is 68.5 cm³/mol. The Hall–Kier alpha value is -2.03. The van der Waals surface area contributed by atoms with Crippen LogP contribution in [-0.4, -0.2) is 23.0 Å². The molecular formula is C12H11ClN2O3. The second-order valence-corrected chi connectivity index (χ2v) is 3.94. The van der Waals surface area contributed by atoms with E-state index >= 15 is 0 Å². The normalized spacial score (nSPS) is 11.4. The van der Waals surface area contributed by atoms with Gasteiger partial charge in [-0.15, -0.1) is 12.3 Å². The van der Waals surface area contributed by atoms with Crippen molar-refractivity contribution >= 4 is 29.2 Å². The Morgan fingerprint density at radius 1 is 1.56 bits per heavy atom. The third-order valence-corrected chi connectivity index (χ3v) is 2.38. The molecule has 0 heterocycles. The summed E-state index contributed by atoms with van der Waals surface area (Å²) in [5, 5.41) is 11.7. The number of anilines is 1. The second kappa shape index (κ2) is 6.05. The number of carboxylic acid groups (broad SMARTS) is 1. The van der Waals surface area contributed by atoms with Crippen LogP contribution < -0.4 is 11.1 Å². The van der Waals surface area contributed by atoms with Gasteiger partial charge in [0.15, 0.2) is 0 Å². The van der Waals surface area contributed by atoms with E-state index in [0.717, 1.165) is 0 Å². The van der Waals surface area contributed by atoms with Gasteiger partial charge in [-0.2, -0.15) is 0 Å². The number of nitrogens with one attached hydrogen (secondary N) is 1. The zero-order valence-corrected chi connectivity index (χ0v) is 10.1. The third-order valence-electron chi connectivity index (χ3n) is 2.14. The maximum absolute atomic E-state index is 11.6. The number of hydrogen-bond donors (Lipinski definition) is 3. The fourth-order valence-electron chi connectivity index (χ4n) is 1.25. The minimum atomic E-state index is -1.17. The summed E-state index contributed by atoms with van der Waals surface area (Å²) in [6.07, 6.45) is 5.10.